The first-order valence-corrected chi connectivity index (χ1v) is 3.94. The summed E-state index contributed by atoms with van der Waals surface area (Å²) in [5, 5.41) is 8.77. The summed E-state index contributed by atoms with van der Waals surface area (Å²) in [7, 11) is 0. The molecule has 0 aliphatic heterocycles. The van der Waals surface area contributed by atoms with Gasteiger partial charge in [-0.1, -0.05) is 0 Å². The van der Waals surface area contributed by atoms with Crippen LogP contribution >= 0.6 is 0 Å². The van der Waals surface area contributed by atoms with E-state index < -0.39 is 24.2 Å². The summed E-state index contributed by atoms with van der Waals surface area (Å²) in [5.41, 5.74) is 3.88. The van der Waals surface area contributed by atoms with Crippen LogP contribution in [-0.2, 0) is 13.2 Å². The van der Waals surface area contributed by atoms with Crippen LogP contribution in [0.15, 0.2) is 11.0 Å². The minimum atomic E-state index is -2.81. The number of aromatic amines is 1. The average molecular weight is 204 g/mol. The van der Waals surface area contributed by atoms with Gasteiger partial charge in [-0.15, -0.1) is 0 Å². The van der Waals surface area contributed by atoms with E-state index in [4.69, 9.17) is 10.8 Å². The van der Waals surface area contributed by atoms with E-state index in [1.54, 1.807) is 0 Å². The topological polar surface area (TPSA) is 79.1 Å². The molecule has 0 aliphatic carbocycles. The van der Waals surface area contributed by atoms with E-state index in [1.165, 1.54) is 0 Å². The number of rotatable bonds is 3. The van der Waals surface area contributed by atoms with Gasteiger partial charge in [-0.25, -0.2) is 8.78 Å². The monoisotopic (exact) mass is 204 g/mol. The van der Waals surface area contributed by atoms with Crippen molar-refractivity contribution in [2.75, 3.05) is 0 Å². The molecule has 0 aromatic carbocycles. The van der Waals surface area contributed by atoms with Gasteiger partial charge in [-0.3, -0.25) is 4.79 Å². The van der Waals surface area contributed by atoms with Crippen LogP contribution in [0.3, 0.4) is 0 Å². The van der Waals surface area contributed by atoms with Crippen molar-refractivity contribution in [2.24, 2.45) is 5.73 Å². The minimum Gasteiger partial charge on any atom is -0.391 e. The number of H-pyrrole nitrogens is 1. The summed E-state index contributed by atoms with van der Waals surface area (Å²) in [4.78, 5) is 13.3. The fraction of sp³-hybridized carbons (Fsp3) is 0.375. The van der Waals surface area contributed by atoms with Gasteiger partial charge < -0.3 is 15.8 Å². The van der Waals surface area contributed by atoms with Gasteiger partial charge in [0, 0.05) is 18.3 Å². The minimum absolute atomic E-state index is 0.108. The number of halogens is 2. The molecule has 4 nitrogen and oxygen atoms in total. The lowest BCUT2D eigenvalue weighted by atomic mass is 10.1. The molecular formula is C8H10F2N2O2. The zero-order valence-corrected chi connectivity index (χ0v) is 7.26. The number of aliphatic hydroxyl groups is 1. The van der Waals surface area contributed by atoms with E-state index in [2.05, 4.69) is 4.98 Å². The number of nitrogens with one attached hydrogen (secondary N) is 1. The van der Waals surface area contributed by atoms with Crippen LogP contribution in [0.5, 0.6) is 0 Å². The Balaban J connectivity index is 3.44. The number of hydrogen-bond donors (Lipinski definition) is 3. The molecule has 14 heavy (non-hydrogen) atoms. The highest BCUT2D eigenvalue weighted by molar-refractivity contribution is 5.32. The Morgan fingerprint density at radius 3 is 2.64 bits per heavy atom. The summed E-state index contributed by atoms with van der Waals surface area (Å²) in [6, 6.07) is 0. The van der Waals surface area contributed by atoms with Crippen molar-refractivity contribution in [1.82, 2.24) is 4.98 Å². The van der Waals surface area contributed by atoms with E-state index in [1.807, 2.05) is 0 Å². The number of hydrogen-bond acceptors (Lipinski definition) is 3. The predicted molar refractivity (Wildman–Crippen MR) is 45.8 cm³/mol. The highest BCUT2D eigenvalue weighted by Crippen LogP contribution is 2.24. The average Bonchev–Trinajstić information content (AvgIpc) is 2.17. The second-order valence-electron chi connectivity index (χ2n) is 2.70. The van der Waals surface area contributed by atoms with Crippen molar-refractivity contribution in [3.63, 3.8) is 0 Å². The molecule has 1 heterocycles. The summed E-state index contributed by atoms with van der Waals surface area (Å²) >= 11 is 0. The molecule has 0 spiro atoms. The molecule has 0 bridgehead atoms. The van der Waals surface area contributed by atoms with E-state index in [0.29, 0.717) is 0 Å². The molecule has 0 fully saturated rings. The quantitative estimate of drug-likeness (QED) is 0.660. The van der Waals surface area contributed by atoms with Gasteiger partial charge in [-0.2, -0.15) is 0 Å². The molecule has 4 N–H and O–H groups in total. The second kappa shape index (κ2) is 4.30. The predicted octanol–water partition coefficient (Wildman–Crippen LogP) is 0.264. The lowest BCUT2D eigenvalue weighted by Crippen LogP contribution is -2.19. The number of pyridine rings is 1. The molecular weight excluding hydrogens is 194 g/mol. The first kappa shape index (κ1) is 10.8. The summed E-state index contributed by atoms with van der Waals surface area (Å²) in [6.45, 7) is -0.827. The molecule has 6 heteroatoms. The van der Waals surface area contributed by atoms with Crippen LogP contribution in [0.2, 0.25) is 0 Å². The highest BCUT2D eigenvalue weighted by Gasteiger charge is 2.19. The molecule has 0 aliphatic rings. The first-order valence-electron chi connectivity index (χ1n) is 3.94. The van der Waals surface area contributed by atoms with Crippen LogP contribution < -0.4 is 11.3 Å². The van der Waals surface area contributed by atoms with E-state index in [9.17, 15) is 13.6 Å². The Bertz CT molecular complexity index is 376. The van der Waals surface area contributed by atoms with Gasteiger partial charge in [0.2, 0.25) is 0 Å². The van der Waals surface area contributed by atoms with Gasteiger partial charge in [0.15, 0.2) is 0 Å². The first-order chi connectivity index (χ1) is 6.61. The maximum atomic E-state index is 12.5. The molecule has 78 valence electrons. The van der Waals surface area contributed by atoms with Crippen molar-refractivity contribution in [3.05, 3.63) is 33.2 Å². The molecule has 0 unspecified atom stereocenters. The Kier molecular flexibility index (Phi) is 3.32. The summed E-state index contributed by atoms with van der Waals surface area (Å²) in [6.07, 6.45) is -1.67. The van der Waals surface area contributed by atoms with Gasteiger partial charge >= 0.3 is 0 Å². The van der Waals surface area contributed by atoms with E-state index >= 15 is 0 Å². The van der Waals surface area contributed by atoms with Gasteiger partial charge in [0.1, 0.15) is 0 Å². The molecule has 1 aromatic rings. The Hall–Kier alpha value is -1.27. The van der Waals surface area contributed by atoms with Crippen molar-refractivity contribution in [1.29, 1.82) is 0 Å². The standard InChI is InChI=1S/C8H10F2N2O2/c9-7(10)6-4(1-11)2-12-8(14)5(6)3-13/h2,7,13H,1,3,11H2,(H,12,14). The normalized spacial score (nSPS) is 10.9. The number of aliphatic hydroxyl groups excluding tert-OH is 1. The Labute approximate surface area is 78.4 Å². The molecule has 0 atom stereocenters. The van der Waals surface area contributed by atoms with Gasteiger partial charge in [0.05, 0.1) is 12.2 Å². The Morgan fingerprint density at radius 1 is 1.57 bits per heavy atom. The SMILES string of the molecule is NCc1c[nH]c(=O)c(CO)c1C(F)F. The number of aromatic nitrogens is 1. The zero-order chi connectivity index (χ0) is 10.7. The van der Waals surface area contributed by atoms with Crippen molar-refractivity contribution >= 4 is 0 Å². The van der Waals surface area contributed by atoms with Crippen LogP contribution in [0.4, 0.5) is 8.78 Å². The van der Waals surface area contributed by atoms with Gasteiger partial charge in [0.25, 0.3) is 12.0 Å². The second-order valence-corrected chi connectivity index (χ2v) is 2.70. The molecule has 0 amide bonds. The fourth-order valence-electron chi connectivity index (χ4n) is 1.23. The summed E-state index contributed by atoms with van der Waals surface area (Å²) < 4.78 is 25.0. The number of alkyl halides is 2. The van der Waals surface area contributed by atoms with Crippen LogP contribution in [0.1, 0.15) is 23.1 Å². The molecule has 1 aromatic heterocycles. The van der Waals surface area contributed by atoms with Crippen molar-refractivity contribution in [3.8, 4) is 0 Å². The third-order valence-electron chi connectivity index (χ3n) is 1.92. The molecule has 0 radical (unpaired) electrons. The summed E-state index contributed by atoms with van der Waals surface area (Å²) in [5.74, 6) is 0. The van der Waals surface area contributed by atoms with Gasteiger partial charge in [-0.05, 0) is 5.56 Å². The van der Waals surface area contributed by atoms with Crippen molar-refractivity contribution < 1.29 is 13.9 Å². The Morgan fingerprint density at radius 2 is 2.21 bits per heavy atom. The largest absolute Gasteiger partial charge is 0.391 e. The third-order valence-corrected chi connectivity index (χ3v) is 1.92. The zero-order valence-electron chi connectivity index (χ0n) is 7.26. The third kappa shape index (κ3) is 1.80. The lowest BCUT2D eigenvalue weighted by molar-refractivity contribution is 0.145. The van der Waals surface area contributed by atoms with Crippen LogP contribution in [0.25, 0.3) is 0 Å². The number of nitrogens with two attached hydrogens (primary N) is 1. The lowest BCUT2D eigenvalue weighted by Gasteiger charge is -2.09. The van der Waals surface area contributed by atoms with Crippen LogP contribution in [-0.4, -0.2) is 10.1 Å². The molecule has 0 saturated heterocycles. The smallest absolute Gasteiger partial charge is 0.264 e. The van der Waals surface area contributed by atoms with E-state index in [-0.39, 0.29) is 17.7 Å². The maximum absolute atomic E-state index is 12.5. The van der Waals surface area contributed by atoms with Crippen LogP contribution in [0, 0.1) is 0 Å². The molecule has 1 rings (SSSR count). The fourth-order valence-corrected chi connectivity index (χ4v) is 1.23. The maximum Gasteiger partial charge on any atom is 0.264 e. The van der Waals surface area contributed by atoms with Crippen molar-refractivity contribution in [2.45, 2.75) is 19.6 Å². The van der Waals surface area contributed by atoms with E-state index in [0.717, 1.165) is 6.20 Å². The highest BCUT2D eigenvalue weighted by atomic mass is 19.3. The molecule has 0 saturated carbocycles.